The highest BCUT2D eigenvalue weighted by Gasteiger charge is 2.41. The average Bonchev–Trinajstić information content (AvgIpc) is 3.38. The van der Waals surface area contributed by atoms with Crippen molar-refractivity contribution in [3.63, 3.8) is 0 Å². The summed E-state index contributed by atoms with van der Waals surface area (Å²) in [7, 11) is 0. The highest BCUT2D eigenvalue weighted by molar-refractivity contribution is 5.89. The Morgan fingerprint density at radius 1 is 1.08 bits per heavy atom. The van der Waals surface area contributed by atoms with Crippen LogP contribution < -0.4 is 10.6 Å². The fourth-order valence-corrected chi connectivity index (χ4v) is 3.60. The molecule has 4 heteroatoms. The lowest BCUT2D eigenvalue weighted by Crippen LogP contribution is -2.45. The van der Waals surface area contributed by atoms with E-state index in [0.717, 1.165) is 50.5 Å². The minimum atomic E-state index is -0.512. The zero-order valence-corrected chi connectivity index (χ0v) is 14.6. The van der Waals surface area contributed by atoms with Gasteiger partial charge in [-0.25, -0.2) is 0 Å². The second-order valence-electron chi connectivity index (χ2n) is 7.53. The molecule has 2 amide bonds. The molecule has 2 N–H and O–H groups in total. The first-order valence-electron chi connectivity index (χ1n) is 9.21. The Balaban J connectivity index is 1.61. The molecule has 0 heterocycles. The van der Waals surface area contributed by atoms with Crippen molar-refractivity contribution in [2.24, 2.45) is 5.41 Å². The van der Waals surface area contributed by atoms with Crippen LogP contribution in [0.2, 0.25) is 0 Å². The van der Waals surface area contributed by atoms with Crippen LogP contribution in [0.4, 0.5) is 0 Å². The molecule has 24 heavy (non-hydrogen) atoms. The van der Waals surface area contributed by atoms with Crippen molar-refractivity contribution in [1.82, 2.24) is 10.6 Å². The maximum atomic E-state index is 12.9. The maximum Gasteiger partial charge on any atom is 0.227 e. The van der Waals surface area contributed by atoms with E-state index in [1.165, 1.54) is 5.56 Å². The summed E-state index contributed by atoms with van der Waals surface area (Å²) in [6.45, 7) is 2.59. The van der Waals surface area contributed by atoms with Gasteiger partial charge >= 0.3 is 0 Å². The van der Waals surface area contributed by atoms with Crippen LogP contribution >= 0.6 is 0 Å². The molecule has 4 nitrogen and oxygen atoms in total. The minimum Gasteiger partial charge on any atom is -0.353 e. The van der Waals surface area contributed by atoms with Crippen molar-refractivity contribution in [2.45, 2.75) is 70.9 Å². The van der Waals surface area contributed by atoms with Gasteiger partial charge in [0.2, 0.25) is 11.8 Å². The summed E-state index contributed by atoms with van der Waals surface area (Å²) in [4.78, 5) is 25.2. The van der Waals surface area contributed by atoms with Gasteiger partial charge in [0.15, 0.2) is 0 Å². The zero-order valence-electron chi connectivity index (χ0n) is 14.6. The Bertz CT molecular complexity index is 584. The second kappa shape index (κ2) is 7.37. The highest BCUT2D eigenvalue weighted by Crippen LogP contribution is 2.40. The van der Waals surface area contributed by atoms with Gasteiger partial charge in [-0.05, 0) is 38.2 Å². The molecule has 2 fully saturated rings. The minimum absolute atomic E-state index is 0.0462. The molecule has 0 spiro atoms. The van der Waals surface area contributed by atoms with E-state index in [2.05, 4.69) is 29.7 Å². The van der Waals surface area contributed by atoms with Gasteiger partial charge in [0.1, 0.15) is 0 Å². The number of benzene rings is 1. The summed E-state index contributed by atoms with van der Waals surface area (Å²) in [6.07, 6.45) is 7.39. The lowest BCUT2D eigenvalue weighted by molar-refractivity contribution is -0.138. The molecule has 0 radical (unpaired) electrons. The van der Waals surface area contributed by atoms with Gasteiger partial charge in [-0.2, -0.15) is 0 Å². The first-order chi connectivity index (χ1) is 11.6. The van der Waals surface area contributed by atoms with Crippen LogP contribution in [0.15, 0.2) is 24.3 Å². The van der Waals surface area contributed by atoms with Gasteiger partial charge in [0.05, 0.1) is 5.41 Å². The van der Waals surface area contributed by atoms with Crippen molar-refractivity contribution < 1.29 is 9.59 Å². The quantitative estimate of drug-likeness (QED) is 0.842. The van der Waals surface area contributed by atoms with Crippen molar-refractivity contribution >= 4 is 11.8 Å². The Hall–Kier alpha value is -1.84. The van der Waals surface area contributed by atoms with E-state index >= 15 is 0 Å². The third-order valence-electron chi connectivity index (χ3n) is 5.31. The molecule has 2 aliphatic rings. The third-order valence-corrected chi connectivity index (χ3v) is 5.31. The van der Waals surface area contributed by atoms with E-state index < -0.39 is 5.41 Å². The van der Waals surface area contributed by atoms with Crippen LogP contribution in [0.25, 0.3) is 0 Å². The van der Waals surface area contributed by atoms with E-state index in [9.17, 15) is 9.59 Å². The second-order valence-corrected chi connectivity index (χ2v) is 7.53. The zero-order chi connectivity index (χ0) is 17.0. The molecule has 0 bridgehead atoms. The molecule has 3 rings (SSSR count). The number of aryl methyl sites for hydroxylation is 1. The molecule has 0 aromatic heterocycles. The number of hydrogen-bond acceptors (Lipinski definition) is 2. The molecule has 0 atom stereocenters. The molecule has 2 saturated carbocycles. The van der Waals surface area contributed by atoms with Gasteiger partial charge in [-0.15, -0.1) is 0 Å². The SMILES string of the molecule is Cc1ccc(CNC(=O)C2(CC(=O)NC3CC3)CCCCC2)cc1. The molecule has 0 saturated heterocycles. The first-order valence-corrected chi connectivity index (χ1v) is 9.21. The van der Waals surface area contributed by atoms with Crippen molar-refractivity contribution in [2.75, 3.05) is 0 Å². The van der Waals surface area contributed by atoms with Crippen molar-refractivity contribution in [3.05, 3.63) is 35.4 Å². The number of carbonyl (C=O) groups excluding carboxylic acids is 2. The van der Waals surface area contributed by atoms with Gasteiger partial charge in [-0.1, -0.05) is 49.1 Å². The van der Waals surface area contributed by atoms with Crippen LogP contribution in [0.5, 0.6) is 0 Å². The van der Waals surface area contributed by atoms with Crippen LogP contribution in [0.3, 0.4) is 0 Å². The summed E-state index contributed by atoms with van der Waals surface area (Å²) in [5.41, 5.74) is 1.80. The van der Waals surface area contributed by atoms with E-state index in [1.807, 2.05) is 12.1 Å². The predicted molar refractivity (Wildman–Crippen MR) is 94.3 cm³/mol. The van der Waals surface area contributed by atoms with Crippen LogP contribution in [-0.4, -0.2) is 17.9 Å². The normalized spacial score (nSPS) is 19.5. The molecule has 130 valence electrons. The molecule has 1 aromatic carbocycles. The van der Waals surface area contributed by atoms with E-state index in [0.29, 0.717) is 19.0 Å². The van der Waals surface area contributed by atoms with Crippen LogP contribution in [-0.2, 0) is 16.1 Å². The predicted octanol–water partition coefficient (Wildman–Crippen LogP) is 3.23. The number of carbonyl (C=O) groups is 2. The van der Waals surface area contributed by atoms with E-state index in [-0.39, 0.29) is 11.8 Å². The largest absolute Gasteiger partial charge is 0.353 e. The molecule has 0 unspecified atom stereocenters. The lowest BCUT2D eigenvalue weighted by atomic mass is 9.71. The average molecular weight is 328 g/mol. The number of amides is 2. The molecular formula is C20H28N2O2. The molecular weight excluding hydrogens is 300 g/mol. The summed E-state index contributed by atoms with van der Waals surface area (Å²) >= 11 is 0. The summed E-state index contributed by atoms with van der Waals surface area (Å²) in [5, 5.41) is 6.13. The Labute approximate surface area is 144 Å². The van der Waals surface area contributed by atoms with Gasteiger partial charge in [0, 0.05) is 19.0 Å². The maximum absolute atomic E-state index is 12.9. The number of rotatable bonds is 6. The van der Waals surface area contributed by atoms with Crippen LogP contribution in [0, 0.1) is 12.3 Å². The van der Waals surface area contributed by atoms with Crippen molar-refractivity contribution in [1.29, 1.82) is 0 Å². The smallest absolute Gasteiger partial charge is 0.227 e. The molecule has 0 aliphatic heterocycles. The van der Waals surface area contributed by atoms with E-state index in [1.54, 1.807) is 0 Å². The fraction of sp³-hybridized carbons (Fsp3) is 0.600. The number of nitrogens with one attached hydrogen (secondary N) is 2. The van der Waals surface area contributed by atoms with Gasteiger partial charge in [-0.3, -0.25) is 9.59 Å². The van der Waals surface area contributed by atoms with Crippen LogP contribution in [0.1, 0.15) is 62.5 Å². The Morgan fingerprint density at radius 2 is 1.75 bits per heavy atom. The topological polar surface area (TPSA) is 58.2 Å². The van der Waals surface area contributed by atoms with Gasteiger partial charge < -0.3 is 10.6 Å². The highest BCUT2D eigenvalue weighted by atomic mass is 16.2. The van der Waals surface area contributed by atoms with Crippen molar-refractivity contribution in [3.8, 4) is 0 Å². The third kappa shape index (κ3) is 4.37. The summed E-state index contributed by atoms with van der Waals surface area (Å²) in [6, 6.07) is 8.56. The monoisotopic (exact) mass is 328 g/mol. The lowest BCUT2D eigenvalue weighted by Gasteiger charge is -2.35. The molecule has 2 aliphatic carbocycles. The van der Waals surface area contributed by atoms with Gasteiger partial charge in [0.25, 0.3) is 0 Å². The van der Waals surface area contributed by atoms with E-state index in [4.69, 9.17) is 0 Å². The summed E-state index contributed by atoms with van der Waals surface area (Å²) in [5.74, 6) is 0.0959. The standard InChI is InChI=1S/C20H28N2O2/c1-15-5-7-16(8-6-15)14-21-19(24)20(11-3-2-4-12-20)13-18(23)22-17-9-10-17/h5-8,17H,2-4,9-14H2,1H3,(H,21,24)(H,22,23). The Morgan fingerprint density at radius 3 is 2.38 bits per heavy atom. The fourth-order valence-electron chi connectivity index (χ4n) is 3.60. The molecule has 1 aromatic rings. The summed E-state index contributed by atoms with van der Waals surface area (Å²) < 4.78 is 0. The Kier molecular flexibility index (Phi) is 5.22. The number of hydrogen-bond donors (Lipinski definition) is 2. The first kappa shape index (κ1) is 17.0.